The summed E-state index contributed by atoms with van der Waals surface area (Å²) in [6.07, 6.45) is 0. The van der Waals surface area contributed by atoms with Crippen molar-refractivity contribution in [3.8, 4) is 5.75 Å². The van der Waals surface area contributed by atoms with Crippen LogP contribution in [-0.4, -0.2) is 23.8 Å². The highest BCUT2D eigenvalue weighted by Gasteiger charge is 2.20. The zero-order chi connectivity index (χ0) is 17.4. The predicted octanol–water partition coefficient (Wildman–Crippen LogP) is 4.22. The summed E-state index contributed by atoms with van der Waals surface area (Å²) >= 11 is 5.89. The Kier molecular flexibility index (Phi) is 7.22. The molecule has 0 aliphatic rings. The van der Waals surface area contributed by atoms with E-state index in [1.165, 1.54) is 20.1 Å². The Morgan fingerprint density at radius 1 is 1.17 bits per heavy atom. The van der Waals surface area contributed by atoms with Gasteiger partial charge in [0.1, 0.15) is 5.69 Å². The monoisotopic (exact) mass is 334 g/mol. The molecule has 5 nitrogen and oxygen atoms in total. The van der Waals surface area contributed by atoms with Gasteiger partial charge in [0.05, 0.1) is 12.7 Å². The number of halogens is 1. The van der Waals surface area contributed by atoms with Gasteiger partial charge in [0.2, 0.25) is 0 Å². The number of hydrogen-bond donors (Lipinski definition) is 1. The number of carbonyl (C=O) groups is 2. The molecule has 23 heavy (non-hydrogen) atoms. The molecule has 0 unspecified atom stereocenters. The first-order chi connectivity index (χ1) is 11.0. The largest absolute Gasteiger partial charge is 0.493 e. The van der Waals surface area contributed by atoms with Crippen LogP contribution in [0.25, 0.3) is 0 Å². The first-order valence-electron chi connectivity index (χ1n) is 7.14. The smallest absolute Gasteiger partial charge is 0.258 e. The normalized spacial score (nSPS) is 9.43. The van der Waals surface area contributed by atoms with Gasteiger partial charge in [-0.05, 0) is 18.2 Å². The van der Waals surface area contributed by atoms with Crippen molar-refractivity contribution in [1.82, 2.24) is 4.98 Å². The van der Waals surface area contributed by atoms with Crippen LogP contribution in [-0.2, 0) is 0 Å². The Morgan fingerprint density at radius 2 is 1.78 bits per heavy atom. The second-order valence-electron chi connectivity index (χ2n) is 4.25. The first kappa shape index (κ1) is 18.6. The highest BCUT2D eigenvalue weighted by atomic mass is 35.5. The number of benzene rings is 1. The third-order valence-corrected chi connectivity index (χ3v) is 3.04. The predicted molar refractivity (Wildman–Crippen MR) is 91.5 cm³/mol. The number of para-hydroxylation sites is 1. The lowest BCUT2D eigenvalue weighted by molar-refractivity contribution is 0.0981. The molecule has 0 fully saturated rings. The van der Waals surface area contributed by atoms with Crippen LogP contribution in [0.4, 0.5) is 5.69 Å². The molecule has 6 heteroatoms. The molecule has 1 aromatic carbocycles. The van der Waals surface area contributed by atoms with Gasteiger partial charge >= 0.3 is 0 Å². The van der Waals surface area contributed by atoms with Crippen molar-refractivity contribution < 1.29 is 14.3 Å². The summed E-state index contributed by atoms with van der Waals surface area (Å²) in [5.74, 6) is -0.563. The van der Waals surface area contributed by atoms with Crippen LogP contribution in [0.5, 0.6) is 5.75 Å². The van der Waals surface area contributed by atoms with E-state index in [1.807, 2.05) is 19.9 Å². The van der Waals surface area contributed by atoms with Gasteiger partial charge in [0.25, 0.3) is 5.91 Å². The number of amides is 1. The number of nitrogens with one attached hydrogen (secondary N) is 1. The van der Waals surface area contributed by atoms with Crippen molar-refractivity contribution in [2.45, 2.75) is 20.8 Å². The van der Waals surface area contributed by atoms with Crippen LogP contribution >= 0.6 is 11.6 Å². The molecule has 2 aromatic rings. The van der Waals surface area contributed by atoms with Gasteiger partial charge in [0.15, 0.2) is 16.7 Å². The Hall–Kier alpha value is -2.40. The van der Waals surface area contributed by atoms with Crippen molar-refractivity contribution in [1.29, 1.82) is 0 Å². The maximum atomic E-state index is 12.3. The van der Waals surface area contributed by atoms with Gasteiger partial charge in [-0.3, -0.25) is 9.59 Å². The molecule has 0 saturated carbocycles. The Balaban J connectivity index is 0.00000127. The third-order valence-electron chi connectivity index (χ3n) is 2.77. The van der Waals surface area contributed by atoms with Crippen LogP contribution in [0, 0.1) is 0 Å². The minimum Gasteiger partial charge on any atom is -0.493 e. The molecule has 1 heterocycles. The molecule has 2 rings (SSSR count). The van der Waals surface area contributed by atoms with E-state index >= 15 is 0 Å². The van der Waals surface area contributed by atoms with Crippen molar-refractivity contribution in [3.63, 3.8) is 0 Å². The number of nitrogens with zero attached hydrogens (tertiary/aromatic N) is 1. The van der Waals surface area contributed by atoms with E-state index in [4.69, 9.17) is 16.3 Å². The maximum absolute atomic E-state index is 12.3. The topological polar surface area (TPSA) is 68.3 Å². The number of aromatic nitrogens is 1. The summed E-state index contributed by atoms with van der Waals surface area (Å²) in [6, 6.07) is 10.3. The Morgan fingerprint density at radius 3 is 2.30 bits per heavy atom. The summed E-state index contributed by atoms with van der Waals surface area (Å²) in [4.78, 5) is 27.9. The fourth-order valence-corrected chi connectivity index (χ4v) is 1.99. The van der Waals surface area contributed by atoms with E-state index in [0.717, 1.165) is 0 Å². The number of carbonyl (C=O) groups excluding carboxylic acids is 2. The van der Waals surface area contributed by atoms with Gasteiger partial charge < -0.3 is 10.1 Å². The molecule has 1 aromatic heterocycles. The SMILES string of the molecule is CC.COc1cc(C(=O)Nc2ccccc2)c(C(C)=O)nc1Cl. The van der Waals surface area contributed by atoms with E-state index in [9.17, 15) is 9.59 Å². The van der Waals surface area contributed by atoms with Gasteiger partial charge in [-0.2, -0.15) is 0 Å². The lowest BCUT2D eigenvalue weighted by Crippen LogP contribution is -2.17. The number of ether oxygens (including phenoxy) is 1. The van der Waals surface area contributed by atoms with Crippen LogP contribution in [0.1, 0.15) is 41.6 Å². The van der Waals surface area contributed by atoms with E-state index in [-0.39, 0.29) is 27.9 Å². The summed E-state index contributed by atoms with van der Waals surface area (Å²) in [5.41, 5.74) is 0.743. The molecule has 0 spiro atoms. The minimum absolute atomic E-state index is 0.00855. The van der Waals surface area contributed by atoms with E-state index in [1.54, 1.807) is 24.3 Å². The second kappa shape index (κ2) is 8.90. The summed E-state index contributed by atoms with van der Waals surface area (Å²) in [5, 5.41) is 2.74. The van der Waals surface area contributed by atoms with Crippen molar-refractivity contribution in [2.75, 3.05) is 12.4 Å². The average Bonchev–Trinajstić information content (AvgIpc) is 2.57. The van der Waals surface area contributed by atoms with E-state index in [0.29, 0.717) is 5.69 Å². The van der Waals surface area contributed by atoms with E-state index in [2.05, 4.69) is 10.3 Å². The number of pyridine rings is 1. The number of Topliss-reactive ketones (excluding diaryl/α,β-unsaturated/α-hetero) is 1. The molecular formula is C17H19ClN2O3. The lowest BCUT2D eigenvalue weighted by Gasteiger charge is -2.10. The van der Waals surface area contributed by atoms with Gasteiger partial charge in [-0.1, -0.05) is 43.6 Å². The Bertz CT molecular complexity index is 688. The molecule has 1 N–H and O–H groups in total. The van der Waals surface area contributed by atoms with Gasteiger partial charge in [-0.25, -0.2) is 4.98 Å². The zero-order valence-corrected chi connectivity index (χ0v) is 14.3. The first-order valence-corrected chi connectivity index (χ1v) is 7.52. The molecule has 0 aliphatic heterocycles. The number of methoxy groups -OCH3 is 1. The second-order valence-corrected chi connectivity index (χ2v) is 4.61. The van der Waals surface area contributed by atoms with Gasteiger partial charge in [-0.15, -0.1) is 0 Å². The molecule has 0 bridgehead atoms. The van der Waals surface area contributed by atoms with E-state index < -0.39 is 5.91 Å². The summed E-state index contributed by atoms with van der Waals surface area (Å²) in [7, 11) is 1.41. The van der Waals surface area contributed by atoms with Crippen LogP contribution < -0.4 is 10.1 Å². The molecular weight excluding hydrogens is 316 g/mol. The van der Waals surface area contributed by atoms with Crippen LogP contribution in [0.2, 0.25) is 5.15 Å². The summed E-state index contributed by atoms with van der Waals surface area (Å²) in [6.45, 7) is 5.32. The average molecular weight is 335 g/mol. The quantitative estimate of drug-likeness (QED) is 0.671. The minimum atomic E-state index is -0.450. The van der Waals surface area contributed by atoms with Gasteiger partial charge in [0, 0.05) is 12.6 Å². The molecule has 0 radical (unpaired) electrons. The highest BCUT2D eigenvalue weighted by Crippen LogP contribution is 2.25. The molecule has 0 aliphatic carbocycles. The molecule has 122 valence electrons. The maximum Gasteiger partial charge on any atom is 0.258 e. The lowest BCUT2D eigenvalue weighted by atomic mass is 10.1. The number of ketones is 1. The van der Waals surface area contributed by atoms with Crippen molar-refractivity contribution in [2.24, 2.45) is 0 Å². The van der Waals surface area contributed by atoms with Crippen LogP contribution in [0.3, 0.4) is 0 Å². The molecule has 0 saturated heterocycles. The third kappa shape index (κ3) is 4.79. The fourth-order valence-electron chi connectivity index (χ4n) is 1.78. The number of anilines is 1. The summed E-state index contributed by atoms with van der Waals surface area (Å²) < 4.78 is 5.04. The highest BCUT2D eigenvalue weighted by molar-refractivity contribution is 6.31. The number of hydrogen-bond acceptors (Lipinski definition) is 4. The fraction of sp³-hybridized carbons (Fsp3) is 0.235. The zero-order valence-electron chi connectivity index (χ0n) is 13.5. The molecule has 1 amide bonds. The number of rotatable bonds is 4. The van der Waals surface area contributed by atoms with Crippen LogP contribution in [0.15, 0.2) is 36.4 Å². The Labute approximate surface area is 140 Å². The standard InChI is InChI=1S/C15H13ClN2O3.C2H6/c1-9(19)13-11(8-12(21-2)14(16)18-13)15(20)17-10-6-4-3-5-7-10;1-2/h3-8H,1-2H3,(H,17,20);1-2H3. The van der Waals surface area contributed by atoms with Crippen molar-refractivity contribution in [3.05, 3.63) is 52.8 Å². The van der Waals surface area contributed by atoms with Crippen molar-refractivity contribution >= 4 is 29.0 Å². The molecule has 0 atom stereocenters.